The number of pyridine rings is 1. The van der Waals surface area contributed by atoms with Crippen LogP contribution in [-0.2, 0) is 11.2 Å². The number of fused-ring (bicyclic) bond motifs is 1. The first-order valence-electron chi connectivity index (χ1n) is 7.53. The van der Waals surface area contributed by atoms with Gasteiger partial charge in [0.2, 0.25) is 0 Å². The van der Waals surface area contributed by atoms with Crippen LogP contribution in [0.5, 0.6) is 0 Å². The summed E-state index contributed by atoms with van der Waals surface area (Å²) in [7, 11) is 1.73. The monoisotopic (exact) mass is 287 g/mol. The molecule has 4 nitrogen and oxygen atoms in total. The Morgan fingerprint density at radius 2 is 2.10 bits per heavy atom. The summed E-state index contributed by atoms with van der Waals surface area (Å²) in [5.41, 5.74) is 8.24. The Balaban J connectivity index is 2.46. The maximum absolute atomic E-state index is 6.01. The molecule has 1 aromatic carbocycles. The number of hydrogen-bond donors (Lipinski definition) is 1. The second-order valence-corrected chi connectivity index (χ2v) is 5.42. The van der Waals surface area contributed by atoms with Crippen molar-refractivity contribution in [3.63, 3.8) is 0 Å². The molecule has 1 unspecified atom stereocenters. The molecule has 114 valence electrons. The van der Waals surface area contributed by atoms with E-state index in [0.717, 1.165) is 30.8 Å². The Morgan fingerprint density at radius 1 is 1.33 bits per heavy atom. The van der Waals surface area contributed by atoms with Gasteiger partial charge in [0.25, 0.3) is 0 Å². The van der Waals surface area contributed by atoms with Gasteiger partial charge in [-0.25, -0.2) is 4.98 Å². The summed E-state index contributed by atoms with van der Waals surface area (Å²) in [6, 6.07) is 10.6. The quantitative estimate of drug-likeness (QED) is 0.850. The molecule has 0 amide bonds. The lowest BCUT2D eigenvalue weighted by atomic mass is 10.0. The molecule has 0 saturated heterocycles. The molecular weight excluding hydrogens is 262 g/mol. The molecule has 2 N–H and O–H groups in total. The Kier molecular flexibility index (Phi) is 5.53. The first-order chi connectivity index (χ1) is 10.2. The molecule has 0 aliphatic rings. The van der Waals surface area contributed by atoms with Crippen molar-refractivity contribution < 1.29 is 4.74 Å². The fourth-order valence-corrected chi connectivity index (χ4v) is 2.54. The largest absolute Gasteiger partial charge is 0.383 e. The molecule has 0 aliphatic carbocycles. The summed E-state index contributed by atoms with van der Waals surface area (Å²) in [5, 5.41) is 1.17. The molecule has 2 aromatic rings. The predicted molar refractivity (Wildman–Crippen MR) is 88.9 cm³/mol. The average Bonchev–Trinajstić information content (AvgIpc) is 2.47. The minimum atomic E-state index is 0.118. The molecule has 0 aliphatic heterocycles. The van der Waals surface area contributed by atoms with Gasteiger partial charge in [0.15, 0.2) is 0 Å². The highest BCUT2D eigenvalue weighted by Gasteiger charge is 2.14. The highest BCUT2D eigenvalue weighted by molar-refractivity contribution is 5.81. The van der Waals surface area contributed by atoms with Crippen molar-refractivity contribution in [1.29, 1.82) is 0 Å². The summed E-state index contributed by atoms with van der Waals surface area (Å²) in [4.78, 5) is 7.12. The van der Waals surface area contributed by atoms with Crippen LogP contribution in [0.1, 0.15) is 19.4 Å². The van der Waals surface area contributed by atoms with Gasteiger partial charge in [0.1, 0.15) is 5.82 Å². The Labute approximate surface area is 126 Å². The topological polar surface area (TPSA) is 51.4 Å². The number of likely N-dealkylation sites (N-methyl/N-ethyl adjacent to an activating group) is 1. The number of methoxy groups -OCH3 is 1. The fraction of sp³-hybridized carbons (Fsp3) is 0.471. The molecule has 0 radical (unpaired) electrons. The van der Waals surface area contributed by atoms with Gasteiger partial charge in [-0.05, 0) is 38.0 Å². The number of aromatic nitrogens is 1. The van der Waals surface area contributed by atoms with E-state index in [1.807, 2.05) is 19.1 Å². The van der Waals surface area contributed by atoms with E-state index in [-0.39, 0.29) is 6.04 Å². The summed E-state index contributed by atoms with van der Waals surface area (Å²) in [6.45, 7) is 6.61. The van der Waals surface area contributed by atoms with Crippen LogP contribution in [0, 0.1) is 0 Å². The van der Waals surface area contributed by atoms with Crippen molar-refractivity contribution in [1.82, 2.24) is 4.98 Å². The number of nitrogens with two attached hydrogens (primary N) is 1. The van der Waals surface area contributed by atoms with Gasteiger partial charge in [0, 0.05) is 31.6 Å². The van der Waals surface area contributed by atoms with E-state index in [2.05, 4.69) is 30.0 Å². The van der Waals surface area contributed by atoms with Crippen molar-refractivity contribution in [3.05, 3.63) is 35.9 Å². The minimum Gasteiger partial charge on any atom is -0.383 e. The maximum atomic E-state index is 6.01. The predicted octanol–water partition coefficient (Wildman–Crippen LogP) is 2.60. The average molecular weight is 287 g/mol. The molecule has 4 heteroatoms. The Hall–Kier alpha value is -1.65. The number of benzene rings is 1. The van der Waals surface area contributed by atoms with Gasteiger partial charge in [0.05, 0.1) is 12.1 Å². The lowest BCUT2D eigenvalue weighted by Gasteiger charge is -2.25. The van der Waals surface area contributed by atoms with Gasteiger partial charge in [-0.2, -0.15) is 0 Å². The van der Waals surface area contributed by atoms with Crippen LogP contribution in [0.15, 0.2) is 30.3 Å². The fourth-order valence-electron chi connectivity index (χ4n) is 2.54. The van der Waals surface area contributed by atoms with Crippen LogP contribution >= 0.6 is 0 Å². The molecule has 0 saturated carbocycles. The molecule has 1 aromatic heterocycles. The van der Waals surface area contributed by atoms with E-state index < -0.39 is 0 Å². The molecule has 0 fully saturated rings. The number of rotatable bonds is 7. The van der Waals surface area contributed by atoms with Gasteiger partial charge >= 0.3 is 0 Å². The van der Waals surface area contributed by atoms with Crippen LogP contribution in [0.4, 0.5) is 5.82 Å². The molecule has 1 atom stereocenters. The van der Waals surface area contributed by atoms with E-state index in [9.17, 15) is 0 Å². The van der Waals surface area contributed by atoms with Crippen LogP contribution in [0.3, 0.4) is 0 Å². The summed E-state index contributed by atoms with van der Waals surface area (Å²) < 4.78 is 5.21. The molecule has 0 bridgehead atoms. The van der Waals surface area contributed by atoms with Crippen LogP contribution in [-0.4, -0.2) is 37.8 Å². The van der Waals surface area contributed by atoms with E-state index in [1.54, 1.807) is 7.11 Å². The number of ether oxygens (including phenoxy) is 1. The zero-order valence-electron chi connectivity index (χ0n) is 13.2. The molecule has 2 rings (SSSR count). The number of anilines is 1. The number of hydrogen-bond acceptors (Lipinski definition) is 4. The number of nitrogens with zero attached hydrogens (tertiary/aromatic N) is 2. The highest BCUT2D eigenvalue weighted by atomic mass is 16.5. The summed E-state index contributed by atoms with van der Waals surface area (Å²) in [6.07, 6.45) is 0.830. The van der Waals surface area contributed by atoms with Crippen LogP contribution in [0.25, 0.3) is 10.9 Å². The van der Waals surface area contributed by atoms with E-state index in [4.69, 9.17) is 15.5 Å². The second-order valence-electron chi connectivity index (χ2n) is 5.42. The van der Waals surface area contributed by atoms with Crippen molar-refractivity contribution in [2.45, 2.75) is 26.3 Å². The normalized spacial score (nSPS) is 12.6. The van der Waals surface area contributed by atoms with Crippen molar-refractivity contribution in [3.8, 4) is 0 Å². The summed E-state index contributed by atoms with van der Waals surface area (Å²) in [5.74, 6) is 1.03. The lowest BCUT2D eigenvalue weighted by Crippen LogP contribution is -2.30. The smallest absolute Gasteiger partial charge is 0.132 e. The maximum Gasteiger partial charge on any atom is 0.132 e. The molecule has 0 spiro atoms. The Morgan fingerprint density at radius 3 is 2.76 bits per heavy atom. The molecular formula is C17H25N3O. The standard InChI is InChI=1S/C17H25N3O/c1-4-20(9-10-21-3)17-15(11-13(2)18)12-14-7-5-6-8-16(14)19-17/h5-8,12-13H,4,9-11,18H2,1-3H3. The van der Waals surface area contributed by atoms with Crippen molar-refractivity contribution in [2.75, 3.05) is 31.7 Å². The van der Waals surface area contributed by atoms with Crippen molar-refractivity contribution >= 4 is 16.7 Å². The second kappa shape index (κ2) is 7.38. The SMILES string of the molecule is CCN(CCOC)c1nc2ccccc2cc1CC(C)N. The zero-order valence-corrected chi connectivity index (χ0v) is 13.2. The molecule has 1 heterocycles. The molecule has 21 heavy (non-hydrogen) atoms. The van der Waals surface area contributed by atoms with Crippen molar-refractivity contribution in [2.24, 2.45) is 5.73 Å². The van der Waals surface area contributed by atoms with Crippen LogP contribution in [0.2, 0.25) is 0 Å². The first-order valence-corrected chi connectivity index (χ1v) is 7.53. The number of para-hydroxylation sites is 1. The van der Waals surface area contributed by atoms with Gasteiger partial charge in [-0.15, -0.1) is 0 Å². The highest BCUT2D eigenvalue weighted by Crippen LogP contribution is 2.24. The third-order valence-corrected chi connectivity index (χ3v) is 3.57. The van der Waals surface area contributed by atoms with E-state index >= 15 is 0 Å². The first kappa shape index (κ1) is 15.7. The third-order valence-electron chi connectivity index (χ3n) is 3.57. The minimum absolute atomic E-state index is 0.118. The van der Waals surface area contributed by atoms with E-state index in [1.165, 1.54) is 10.9 Å². The van der Waals surface area contributed by atoms with Gasteiger partial charge in [-0.1, -0.05) is 18.2 Å². The Bertz CT molecular complexity index is 583. The van der Waals surface area contributed by atoms with Crippen LogP contribution < -0.4 is 10.6 Å². The van der Waals surface area contributed by atoms with Gasteiger partial charge < -0.3 is 15.4 Å². The lowest BCUT2D eigenvalue weighted by molar-refractivity contribution is 0.205. The van der Waals surface area contributed by atoms with Gasteiger partial charge in [-0.3, -0.25) is 0 Å². The van der Waals surface area contributed by atoms with E-state index in [0.29, 0.717) is 6.61 Å². The zero-order chi connectivity index (χ0) is 15.2. The summed E-state index contributed by atoms with van der Waals surface area (Å²) >= 11 is 0. The third kappa shape index (κ3) is 3.93.